The van der Waals surface area contributed by atoms with Gasteiger partial charge in [0.05, 0.1) is 29.1 Å². The Morgan fingerprint density at radius 1 is 1.21 bits per heavy atom. The second-order valence-electron chi connectivity index (χ2n) is 10.3. The van der Waals surface area contributed by atoms with Crippen LogP contribution in [0.2, 0.25) is 0 Å². The molecule has 4 aromatic rings. The number of aromatic nitrogens is 5. The third-order valence-electron chi connectivity index (χ3n) is 7.81. The molecule has 0 bridgehead atoms. The van der Waals surface area contributed by atoms with E-state index in [9.17, 15) is 14.8 Å². The number of aromatic amines is 1. The van der Waals surface area contributed by atoms with Crippen LogP contribution in [0.5, 0.6) is 0 Å². The van der Waals surface area contributed by atoms with Crippen LogP contribution >= 0.6 is 0 Å². The molecule has 1 aliphatic heterocycles. The summed E-state index contributed by atoms with van der Waals surface area (Å²) in [4.78, 5) is 23.2. The predicted molar refractivity (Wildman–Crippen MR) is 142 cm³/mol. The Labute approximate surface area is 219 Å². The molecule has 2 aliphatic rings. The van der Waals surface area contributed by atoms with E-state index in [0.29, 0.717) is 45.3 Å². The molecule has 0 amide bonds. The maximum absolute atomic E-state index is 13.2. The molecule has 6 rings (SSSR count). The van der Waals surface area contributed by atoms with Gasteiger partial charge in [0, 0.05) is 48.2 Å². The highest BCUT2D eigenvalue weighted by Crippen LogP contribution is 2.45. The molecule has 2 fully saturated rings. The fraction of sp³-hybridized carbons (Fsp3) is 0.393. The second kappa shape index (κ2) is 9.65. The minimum Gasteiger partial charge on any atom is -0.389 e. The number of nitriles is 1. The van der Waals surface area contributed by atoms with Crippen LogP contribution in [0.15, 0.2) is 43.0 Å². The van der Waals surface area contributed by atoms with Gasteiger partial charge in [0.25, 0.3) is 0 Å². The summed E-state index contributed by atoms with van der Waals surface area (Å²) in [7, 11) is 0. The molecule has 4 aromatic heterocycles. The van der Waals surface area contributed by atoms with Crippen molar-refractivity contribution < 1.29 is 9.50 Å². The van der Waals surface area contributed by atoms with Crippen molar-refractivity contribution in [2.24, 2.45) is 5.92 Å². The number of hydrogen-bond acceptors (Lipinski definition) is 8. The zero-order chi connectivity index (χ0) is 26.3. The summed E-state index contributed by atoms with van der Waals surface area (Å²) in [5.41, 5.74) is 2.96. The number of nitrogens with zero attached hydrogens (tertiary/aromatic N) is 6. The van der Waals surface area contributed by atoms with E-state index >= 15 is 0 Å². The number of piperidine rings is 1. The fourth-order valence-electron chi connectivity index (χ4n) is 5.32. The van der Waals surface area contributed by atoms with Crippen LogP contribution in [0.3, 0.4) is 0 Å². The van der Waals surface area contributed by atoms with E-state index < -0.39 is 12.3 Å². The average molecular weight is 513 g/mol. The number of alkyl halides is 1. The number of rotatable bonds is 7. The lowest BCUT2D eigenvalue weighted by atomic mass is 9.87. The second-order valence-corrected chi connectivity index (χ2v) is 10.3. The normalized spacial score (nSPS) is 17.8. The lowest BCUT2D eigenvalue weighted by Gasteiger charge is -2.39. The number of hydrogen-bond donors (Lipinski definition) is 3. The van der Waals surface area contributed by atoms with E-state index in [2.05, 4.69) is 41.2 Å². The van der Waals surface area contributed by atoms with E-state index in [1.165, 1.54) is 12.4 Å². The van der Waals surface area contributed by atoms with Gasteiger partial charge in [-0.1, -0.05) is 6.07 Å². The van der Waals surface area contributed by atoms with Crippen LogP contribution in [0, 0.1) is 17.2 Å². The third-order valence-corrected chi connectivity index (χ3v) is 7.81. The molecule has 1 unspecified atom stereocenters. The Hall–Kier alpha value is -4.10. The highest BCUT2D eigenvalue weighted by Gasteiger charge is 2.45. The number of nitrogens with one attached hydrogen (secondary N) is 2. The van der Waals surface area contributed by atoms with Crippen molar-refractivity contribution in [2.75, 3.05) is 23.3 Å². The number of fused-ring (bicyclic) bond motifs is 1. The van der Waals surface area contributed by atoms with Gasteiger partial charge in [-0.05, 0) is 56.2 Å². The summed E-state index contributed by atoms with van der Waals surface area (Å²) in [6.45, 7) is 2.99. The van der Waals surface area contributed by atoms with E-state index in [0.717, 1.165) is 50.2 Å². The SMILES string of the molecule is CC(Nc1ncc(C#N)c(-c2c[nH]c3ncc(CF)cc23)n1)c1ccc(N2CCC(O)(C3CC3)CC2)nc1. The third kappa shape index (κ3) is 4.54. The van der Waals surface area contributed by atoms with Gasteiger partial charge < -0.3 is 20.3 Å². The molecule has 3 N–H and O–H groups in total. The summed E-state index contributed by atoms with van der Waals surface area (Å²) in [6.07, 6.45) is 10.4. The van der Waals surface area contributed by atoms with Crippen molar-refractivity contribution in [2.45, 2.75) is 50.9 Å². The summed E-state index contributed by atoms with van der Waals surface area (Å²) in [6, 6.07) is 7.78. The monoisotopic (exact) mass is 512 g/mol. The molecule has 10 heteroatoms. The van der Waals surface area contributed by atoms with E-state index in [4.69, 9.17) is 0 Å². The number of anilines is 2. The first-order chi connectivity index (χ1) is 18.5. The van der Waals surface area contributed by atoms with Gasteiger partial charge in [-0.25, -0.2) is 24.3 Å². The zero-order valence-electron chi connectivity index (χ0n) is 21.2. The topological polar surface area (TPSA) is 127 Å². The Morgan fingerprint density at radius 2 is 2.03 bits per heavy atom. The lowest BCUT2D eigenvalue weighted by molar-refractivity contribution is -0.00541. The van der Waals surface area contributed by atoms with Crippen LogP contribution in [0.4, 0.5) is 16.2 Å². The Balaban J connectivity index is 1.18. The Bertz CT molecular complexity index is 1500. The van der Waals surface area contributed by atoms with Crippen molar-refractivity contribution in [3.63, 3.8) is 0 Å². The molecule has 9 nitrogen and oxygen atoms in total. The number of pyridine rings is 2. The molecule has 0 radical (unpaired) electrons. The van der Waals surface area contributed by atoms with Crippen molar-refractivity contribution >= 4 is 22.8 Å². The molecule has 1 saturated carbocycles. The van der Waals surface area contributed by atoms with Gasteiger partial charge in [0.15, 0.2) is 0 Å². The van der Waals surface area contributed by atoms with Crippen molar-refractivity contribution in [3.8, 4) is 17.3 Å². The van der Waals surface area contributed by atoms with Crippen molar-refractivity contribution in [3.05, 3.63) is 59.7 Å². The zero-order valence-corrected chi connectivity index (χ0v) is 21.2. The molecule has 1 saturated heterocycles. The molecule has 1 aliphatic carbocycles. The first-order valence-electron chi connectivity index (χ1n) is 13.0. The van der Waals surface area contributed by atoms with Gasteiger partial charge in [0.1, 0.15) is 24.2 Å². The molecule has 0 aromatic carbocycles. The first kappa shape index (κ1) is 24.2. The van der Waals surface area contributed by atoms with Gasteiger partial charge in [-0.3, -0.25) is 0 Å². The van der Waals surface area contributed by atoms with Crippen LogP contribution in [-0.2, 0) is 6.67 Å². The molecule has 5 heterocycles. The highest BCUT2D eigenvalue weighted by molar-refractivity contribution is 5.94. The van der Waals surface area contributed by atoms with Gasteiger partial charge in [0.2, 0.25) is 5.95 Å². The lowest BCUT2D eigenvalue weighted by Crippen LogP contribution is -2.46. The number of halogens is 1. The summed E-state index contributed by atoms with van der Waals surface area (Å²) >= 11 is 0. The minimum atomic E-state index is -0.625. The van der Waals surface area contributed by atoms with Crippen LogP contribution in [0.1, 0.15) is 55.3 Å². The van der Waals surface area contributed by atoms with E-state index in [1.54, 1.807) is 12.3 Å². The molecule has 38 heavy (non-hydrogen) atoms. The summed E-state index contributed by atoms with van der Waals surface area (Å²) in [5.74, 6) is 1.77. The quantitative estimate of drug-likeness (QED) is 0.326. The average Bonchev–Trinajstić information content (AvgIpc) is 3.74. The van der Waals surface area contributed by atoms with E-state index in [1.807, 2.05) is 25.3 Å². The van der Waals surface area contributed by atoms with Crippen molar-refractivity contribution in [1.82, 2.24) is 24.9 Å². The van der Waals surface area contributed by atoms with Gasteiger partial charge >= 0.3 is 0 Å². The standard InChI is InChI=1S/C28H29FN8O/c1-17(19-2-5-24(31-14-19)37-8-6-28(38,7-9-37)21-3-4-21)35-27-34-15-20(12-30)25(36-27)23-16-33-26-22(23)10-18(11-29)13-32-26/h2,5,10,13-17,21,38H,3-4,6-9,11H2,1H3,(H,32,33)(H,34,35,36). The van der Waals surface area contributed by atoms with Gasteiger partial charge in [-0.15, -0.1) is 0 Å². The Kier molecular flexibility index (Phi) is 6.16. The van der Waals surface area contributed by atoms with E-state index in [-0.39, 0.29) is 6.04 Å². The smallest absolute Gasteiger partial charge is 0.223 e. The maximum Gasteiger partial charge on any atom is 0.223 e. The highest BCUT2D eigenvalue weighted by atomic mass is 19.1. The van der Waals surface area contributed by atoms with Crippen LogP contribution in [0.25, 0.3) is 22.3 Å². The predicted octanol–water partition coefficient (Wildman–Crippen LogP) is 4.67. The first-order valence-corrected chi connectivity index (χ1v) is 13.0. The molecule has 1 atom stereocenters. The van der Waals surface area contributed by atoms with Gasteiger partial charge in [-0.2, -0.15) is 5.26 Å². The molecular weight excluding hydrogens is 483 g/mol. The summed E-state index contributed by atoms with van der Waals surface area (Å²) < 4.78 is 13.2. The summed E-state index contributed by atoms with van der Waals surface area (Å²) in [5, 5.41) is 24.5. The Morgan fingerprint density at radius 3 is 2.71 bits per heavy atom. The number of aliphatic hydroxyl groups is 1. The maximum atomic E-state index is 13.2. The molecular formula is C28H29FN8O. The van der Waals surface area contributed by atoms with Crippen LogP contribution in [-0.4, -0.2) is 48.7 Å². The minimum absolute atomic E-state index is 0.138. The largest absolute Gasteiger partial charge is 0.389 e. The molecule has 194 valence electrons. The number of H-pyrrole nitrogens is 1. The van der Waals surface area contributed by atoms with Crippen LogP contribution < -0.4 is 10.2 Å². The molecule has 0 spiro atoms. The fourth-order valence-corrected chi connectivity index (χ4v) is 5.32. The van der Waals surface area contributed by atoms with Crippen molar-refractivity contribution in [1.29, 1.82) is 5.26 Å².